The fourth-order valence-corrected chi connectivity index (χ4v) is 2.48. The summed E-state index contributed by atoms with van der Waals surface area (Å²) < 4.78 is 5.45. The predicted octanol–water partition coefficient (Wildman–Crippen LogP) is 4.10. The second kappa shape index (κ2) is 8.98. The van der Waals surface area contributed by atoms with Gasteiger partial charge in [-0.1, -0.05) is 38.0 Å². The van der Waals surface area contributed by atoms with Gasteiger partial charge in [-0.25, -0.2) is 0 Å². The minimum atomic E-state index is 0.634. The van der Waals surface area contributed by atoms with Crippen LogP contribution in [0.25, 0.3) is 0 Å². The molecule has 0 bridgehead atoms. The number of ether oxygens (including phenoxy) is 1. The molecule has 0 fully saturated rings. The molecule has 0 spiro atoms. The summed E-state index contributed by atoms with van der Waals surface area (Å²) in [5.74, 6) is 1.02. The molecule has 1 aromatic carbocycles. The van der Waals surface area contributed by atoms with E-state index in [0.717, 1.165) is 18.7 Å². The normalized spacial score (nSPS) is 12.4. The van der Waals surface area contributed by atoms with Crippen LogP contribution in [0.2, 0.25) is 0 Å². The van der Waals surface area contributed by atoms with Gasteiger partial charge in [0.1, 0.15) is 5.75 Å². The van der Waals surface area contributed by atoms with E-state index in [2.05, 4.69) is 44.3 Å². The third-order valence-electron chi connectivity index (χ3n) is 3.52. The molecule has 1 N–H and O–H groups in total. The third-order valence-corrected chi connectivity index (χ3v) is 3.52. The molecule has 1 rings (SSSR count). The molecule has 0 heterocycles. The van der Waals surface area contributed by atoms with E-state index in [9.17, 15) is 0 Å². The van der Waals surface area contributed by atoms with E-state index < -0.39 is 0 Å². The topological polar surface area (TPSA) is 21.3 Å². The zero-order chi connectivity index (χ0) is 14.1. The van der Waals surface area contributed by atoms with Crippen molar-refractivity contribution in [3.63, 3.8) is 0 Å². The highest BCUT2D eigenvalue weighted by atomic mass is 16.5. The summed E-state index contributed by atoms with van der Waals surface area (Å²) in [5.41, 5.74) is 2.64. The molecule has 19 heavy (non-hydrogen) atoms. The fraction of sp³-hybridized carbons (Fsp3) is 0.647. The highest BCUT2D eigenvalue weighted by Gasteiger charge is 2.09. The summed E-state index contributed by atoms with van der Waals surface area (Å²) in [6.45, 7) is 7.74. The molecular weight excluding hydrogens is 234 g/mol. The Hall–Kier alpha value is -1.02. The number of hydrogen-bond acceptors (Lipinski definition) is 2. The lowest BCUT2D eigenvalue weighted by molar-refractivity contribution is 0.403. The van der Waals surface area contributed by atoms with E-state index in [1.54, 1.807) is 7.11 Å². The number of hydrogen-bond donors (Lipinski definition) is 1. The summed E-state index contributed by atoms with van der Waals surface area (Å²) in [6.07, 6.45) is 5.98. The van der Waals surface area contributed by atoms with Crippen molar-refractivity contribution in [3.05, 3.63) is 29.3 Å². The molecule has 0 aliphatic rings. The van der Waals surface area contributed by atoms with Crippen molar-refractivity contribution in [1.82, 2.24) is 5.32 Å². The first-order valence-corrected chi connectivity index (χ1v) is 7.58. The van der Waals surface area contributed by atoms with Gasteiger partial charge in [0.05, 0.1) is 7.11 Å². The monoisotopic (exact) mass is 263 g/mol. The lowest BCUT2D eigenvalue weighted by Gasteiger charge is -2.18. The smallest absolute Gasteiger partial charge is 0.122 e. The van der Waals surface area contributed by atoms with Gasteiger partial charge in [-0.2, -0.15) is 0 Å². The SMILES string of the molecule is CCCNC(CCC)CCc1cc(C)ccc1OC. The molecule has 1 aromatic rings. The van der Waals surface area contributed by atoms with Crippen molar-refractivity contribution in [2.45, 2.75) is 58.9 Å². The van der Waals surface area contributed by atoms with Crippen molar-refractivity contribution < 1.29 is 4.74 Å². The Morgan fingerprint density at radius 1 is 1.16 bits per heavy atom. The van der Waals surface area contributed by atoms with E-state index in [1.165, 1.54) is 36.8 Å². The quantitative estimate of drug-likeness (QED) is 0.724. The van der Waals surface area contributed by atoms with Crippen LogP contribution in [0, 0.1) is 6.92 Å². The van der Waals surface area contributed by atoms with Crippen LogP contribution in [0.5, 0.6) is 5.75 Å². The average Bonchev–Trinajstić information content (AvgIpc) is 2.42. The summed E-state index contributed by atoms with van der Waals surface area (Å²) in [4.78, 5) is 0. The highest BCUT2D eigenvalue weighted by molar-refractivity contribution is 5.36. The summed E-state index contributed by atoms with van der Waals surface area (Å²) >= 11 is 0. The van der Waals surface area contributed by atoms with E-state index in [0.29, 0.717) is 6.04 Å². The summed E-state index contributed by atoms with van der Waals surface area (Å²) in [5, 5.41) is 3.65. The van der Waals surface area contributed by atoms with Gasteiger partial charge in [0.15, 0.2) is 0 Å². The maximum Gasteiger partial charge on any atom is 0.122 e. The minimum absolute atomic E-state index is 0.634. The Kier molecular flexibility index (Phi) is 7.57. The molecule has 1 atom stereocenters. The first kappa shape index (κ1) is 16.0. The number of aryl methyl sites for hydroxylation is 2. The van der Waals surface area contributed by atoms with Crippen LogP contribution in [0.1, 0.15) is 50.7 Å². The second-order valence-corrected chi connectivity index (χ2v) is 5.29. The lowest BCUT2D eigenvalue weighted by atomic mass is 10.00. The highest BCUT2D eigenvalue weighted by Crippen LogP contribution is 2.22. The van der Waals surface area contributed by atoms with Gasteiger partial charge in [-0.05, 0) is 50.8 Å². The molecule has 0 aromatic heterocycles. The predicted molar refractivity (Wildman–Crippen MR) is 83.0 cm³/mol. The number of rotatable bonds is 9. The Bertz CT molecular complexity index is 362. The Morgan fingerprint density at radius 3 is 2.58 bits per heavy atom. The number of nitrogens with one attached hydrogen (secondary N) is 1. The molecule has 0 aliphatic heterocycles. The molecule has 0 radical (unpaired) electrons. The maximum absolute atomic E-state index is 5.45. The zero-order valence-electron chi connectivity index (χ0n) is 13.0. The van der Waals surface area contributed by atoms with Gasteiger partial charge >= 0.3 is 0 Å². The van der Waals surface area contributed by atoms with Crippen molar-refractivity contribution in [3.8, 4) is 5.75 Å². The Morgan fingerprint density at radius 2 is 1.95 bits per heavy atom. The summed E-state index contributed by atoms with van der Waals surface area (Å²) in [6, 6.07) is 7.08. The van der Waals surface area contributed by atoms with Gasteiger partial charge in [-0.15, -0.1) is 0 Å². The maximum atomic E-state index is 5.45. The van der Waals surface area contributed by atoms with E-state index >= 15 is 0 Å². The van der Waals surface area contributed by atoms with Gasteiger partial charge in [0.25, 0.3) is 0 Å². The van der Waals surface area contributed by atoms with Crippen LogP contribution in [-0.4, -0.2) is 19.7 Å². The van der Waals surface area contributed by atoms with Crippen molar-refractivity contribution in [1.29, 1.82) is 0 Å². The minimum Gasteiger partial charge on any atom is -0.496 e. The van der Waals surface area contributed by atoms with E-state index in [4.69, 9.17) is 4.74 Å². The Labute approximate surface area is 118 Å². The lowest BCUT2D eigenvalue weighted by Crippen LogP contribution is -2.30. The van der Waals surface area contributed by atoms with Gasteiger partial charge < -0.3 is 10.1 Å². The molecule has 0 saturated heterocycles. The average molecular weight is 263 g/mol. The molecule has 0 amide bonds. The van der Waals surface area contributed by atoms with E-state index in [1.807, 2.05) is 0 Å². The Balaban J connectivity index is 2.59. The molecule has 2 heteroatoms. The third kappa shape index (κ3) is 5.65. The van der Waals surface area contributed by atoms with Crippen molar-refractivity contribution >= 4 is 0 Å². The van der Waals surface area contributed by atoms with Crippen molar-refractivity contribution in [2.24, 2.45) is 0 Å². The molecule has 0 saturated carbocycles. The van der Waals surface area contributed by atoms with Crippen LogP contribution >= 0.6 is 0 Å². The number of benzene rings is 1. The molecule has 1 unspecified atom stereocenters. The first-order valence-electron chi connectivity index (χ1n) is 7.58. The second-order valence-electron chi connectivity index (χ2n) is 5.29. The van der Waals surface area contributed by atoms with Crippen LogP contribution in [0.15, 0.2) is 18.2 Å². The largest absolute Gasteiger partial charge is 0.496 e. The van der Waals surface area contributed by atoms with Gasteiger partial charge in [0, 0.05) is 6.04 Å². The van der Waals surface area contributed by atoms with E-state index in [-0.39, 0.29) is 0 Å². The van der Waals surface area contributed by atoms with Crippen LogP contribution < -0.4 is 10.1 Å². The van der Waals surface area contributed by atoms with Gasteiger partial charge in [0.2, 0.25) is 0 Å². The fourth-order valence-electron chi connectivity index (χ4n) is 2.48. The molecular formula is C17H29NO. The molecule has 2 nitrogen and oxygen atoms in total. The number of methoxy groups -OCH3 is 1. The molecule has 0 aliphatic carbocycles. The van der Waals surface area contributed by atoms with Crippen molar-refractivity contribution in [2.75, 3.05) is 13.7 Å². The molecule has 108 valence electrons. The van der Waals surface area contributed by atoms with Crippen LogP contribution in [0.3, 0.4) is 0 Å². The van der Waals surface area contributed by atoms with Crippen LogP contribution in [-0.2, 0) is 6.42 Å². The first-order chi connectivity index (χ1) is 9.21. The van der Waals surface area contributed by atoms with Crippen LogP contribution in [0.4, 0.5) is 0 Å². The van der Waals surface area contributed by atoms with Gasteiger partial charge in [-0.3, -0.25) is 0 Å². The standard InChI is InChI=1S/C17H29NO/c1-5-7-16(18-12-6-2)10-9-15-13-14(3)8-11-17(15)19-4/h8,11,13,16,18H,5-7,9-10,12H2,1-4H3. The summed E-state index contributed by atoms with van der Waals surface area (Å²) in [7, 11) is 1.76. The zero-order valence-corrected chi connectivity index (χ0v) is 13.0.